The number of rotatable bonds is 3. The summed E-state index contributed by atoms with van der Waals surface area (Å²) in [6, 6.07) is 10.8. The molecule has 98 valence electrons. The van der Waals surface area contributed by atoms with Crippen LogP contribution in [0.2, 0.25) is 0 Å². The van der Waals surface area contributed by atoms with Crippen LogP contribution in [0.1, 0.15) is 32.7 Å². The van der Waals surface area contributed by atoms with E-state index in [1.165, 1.54) is 6.08 Å². The van der Waals surface area contributed by atoms with Crippen molar-refractivity contribution in [1.29, 1.82) is 0 Å². The van der Waals surface area contributed by atoms with Crippen molar-refractivity contribution in [2.75, 3.05) is 0 Å². The largest absolute Gasteiger partial charge is 0.289 e. The van der Waals surface area contributed by atoms with Gasteiger partial charge in [-0.2, -0.15) is 0 Å². The maximum atomic E-state index is 12.4. The molecule has 0 fully saturated rings. The topological polar surface area (TPSA) is 47.0 Å². The molecule has 2 aromatic rings. The number of allylic oxidation sites excluding steroid dienone is 2. The molecule has 3 heteroatoms. The van der Waals surface area contributed by atoms with Crippen LogP contribution in [0.15, 0.2) is 60.4 Å². The summed E-state index contributed by atoms with van der Waals surface area (Å²) in [4.78, 5) is 28.3. The van der Waals surface area contributed by atoms with Gasteiger partial charge < -0.3 is 0 Å². The van der Waals surface area contributed by atoms with Crippen molar-refractivity contribution in [1.82, 2.24) is 4.98 Å². The van der Waals surface area contributed by atoms with Crippen molar-refractivity contribution in [2.24, 2.45) is 0 Å². The first-order valence-electron chi connectivity index (χ1n) is 6.53. The Morgan fingerprint density at radius 3 is 2.30 bits per heavy atom. The lowest BCUT2D eigenvalue weighted by Gasteiger charge is -2.14. The highest BCUT2D eigenvalue weighted by Gasteiger charge is 2.24. The van der Waals surface area contributed by atoms with Crippen LogP contribution in [0, 0.1) is 0 Å². The number of nitrogens with zero attached hydrogens (tertiary/aromatic N) is 1. The highest BCUT2D eigenvalue weighted by molar-refractivity contribution is 6.24. The number of aryl methyl sites for hydroxylation is 1. The molecule has 0 aliphatic heterocycles. The second-order valence-electron chi connectivity index (χ2n) is 4.76. The third-order valence-corrected chi connectivity index (χ3v) is 3.47. The number of pyridine rings is 1. The van der Waals surface area contributed by atoms with E-state index in [0.29, 0.717) is 23.1 Å². The number of fused-ring (bicyclic) bond motifs is 1. The van der Waals surface area contributed by atoms with Crippen molar-refractivity contribution >= 4 is 11.6 Å². The van der Waals surface area contributed by atoms with Gasteiger partial charge in [-0.25, -0.2) is 0 Å². The van der Waals surface area contributed by atoms with Crippen LogP contribution in [0.5, 0.6) is 0 Å². The molecule has 0 saturated heterocycles. The fourth-order valence-electron chi connectivity index (χ4n) is 2.38. The van der Waals surface area contributed by atoms with Gasteiger partial charge in [0.25, 0.3) is 0 Å². The smallest absolute Gasteiger partial charge is 0.189 e. The third-order valence-electron chi connectivity index (χ3n) is 3.47. The predicted molar refractivity (Wildman–Crippen MR) is 75.7 cm³/mol. The molecule has 1 aliphatic carbocycles. The standard InChI is InChI=1S/C17H13NO2/c19-16-11-13(6-5-12-7-9-18-10-8-12)17(20)15-4-2-1-3-14(15)16/h1-4,7-11H,5-6H2. The van der Waals surface area contributed by atoms with Crippen LogP contribution in [-0.4, -0.2) is 16.6 Å². The fraction of sp³-hybridized carbons (Fsp3) is 0.118. The molecule has 0 spiro atoms. The number of ketones is 2. The van der Waals surface area contributed by atoms with E-state index < -0.39 is 0 Å². The molecule has 0 bridgehead atoms. The van der Waals surface area contributed by atoms with E-state index in [1.54, 1.807) is 36.7 Å². The Morgan fingerprint density at radius 2 is 1.55 bits per heavy atom. The van der Waals surface area contributed by atoms with E-state index in [0.717, 1.165) is 12.0 Å². The molecule has 0 atom stereocenters. The van der Waals surface area contributed by atoms with E-state index in [-0.39, 0.29) is 11.6 Å². The Bertz CT molecular complexity index is 702. The van der Waals surface area contributed by atoms with E-state index in [9.17, 15) is 9.59 Å². The van der Waals surface area contributed by atoms with E-state index in [1.807, 2.05) is 12.1 Å². The van der Waals surface area contributed by atoms with Crippen molar-refractivity contribution in [3.05, 3.63) is 77.1 Å². The first-order chi connectivity index (χ1) is 9.75. The Hall–Kier alpha value is -2.55. The Balaban J connectivity index is 1.82. The molecule has 1 aromatic heterocycles. The molecular weight excluding hydrogens is 250 g/mol. The quantitative estimate of drug-likeness (QED) is 0.855. The molecule has 3 nitrogen and oxygen atoms in total. The van der Waals surface area contributed by atoms with Gasteiger partial charge in [0.15, 0.2) is 11.6 Å². The van der Waals surface area contributed by atoms with Gasteiger partial charge in [0.1, 0.15) is 0 Å². The van der Waals surface area contributed by atoms with Crippen molar-refractivity contribution in [3.63, 3.8) is 0 Å². The minimum atomic E-state index is -0.0788. The average molecular weight is 263 g/mol. The molecule has 20 heavy (non-hydrogen) atoms. The highest BCUT2D eigenvalue weighted by Crippen LogP contribution is 2.23. The second-order valence-corrected chi connectivity index (χ2v) is 4.76. The molecule has 1 aromatic carbocycles. The van der Waals surface area contributed by atoms with Gasteiger partial charge in [0, 0.05) is 29.1 Å². The molecular formula is C17H13NO2. The monoisotopic (exact) mass is 263 g/mol. The molecule has 1 heterocycles. The van der Waals surface area contributed by atoms with Crippen LogP contribution >= 0.6 is 0 Å². The maximum absolute atomic E-state index is 12.4. The number of hydrogen-bond acceptors (Lipinski definition) is 3. The van der Waals surface area contributed by atoms with Gasteiger partial charge in [-0.3, -0.25) is 14.6 Å². The van der Waals surface area contributed by atoms with Gasteiger partial charge in [-0.1, -0.05) is 24.3 Å². The molecule has 0 unspecified atom stereocenters. The minimum absolute atomic E-state index is 0.0331. The van der Waals surface area contributed by atoms with E-state index >= 15 is 0 Å². The zero-order valence-electron chi connectivity index (χ0n) is 10.9. The number of aromatic nitrogens is 1. The van der Waals surface area contributed by atoms with Crippen molar-refractivity contribution in [3.8, 4) is 0 Å². The summed E-state index contributed by atoms with van der Waals surface area (Å²) in [5.74, 6) is -0.112. The SMILES string of the molecule is O=C1C=C(CCc2ccncc2)C(=O)c2ccccc21. The molecule has 0 saturated carbocycles. The van der Waals surface area contributed by atoms with Crippen LogP contribution in [0.4, 0.5) is 0 Å². The van der Waals surface area contributed by atoms with Crippen LogP contribution in [0.3, 0.4) is 0 Å². The first kappa shape index (κ1) is 12.5. The number of carbonyl (C=O) groups excluding carboxylic acids is 2. The summed E-state index contributed by atoms with van der Waals surface area (Å²) in [6.07, 6.45) is 6.24. The molecule has 0 amide bonds. The van der Waals surface area contributed by atoms with Crippen LogP contribution in [-0.2, 0) is 6.42 Å². The zero-order chi connectivity index (χ0) is 13.9. The lowest BCUT2D eigenvalue weighted by atomic mass is 9.87. The Morgan fingerprint density at radius 1 is 0.850 bits per heavy atom. The van der Waals surface area contributed by atoms with E-state index in [2.05, 4.69) is 4.98 Å². The molecule has 3 rings (SSSR count). The third kappa shape index (κ3) is 2.30. The van der Waals surface area contributed by atoms with Crippen molar-refractivity contribution < 1.29 is 9.59 Å². The van der Waals surface area contributed by atoms with Crippen LogP contribution in [0.25, 0.3) is 0 Å². The van der Waals surface area contributed by atoms with Gasteiger partial charge >= 0.3 is 0 Å². The maximum Gasteiger partial charge on any atom is 0.189 e. The number of carbonyl (C=O) groups is 2. The predicted octanol–water partition coefficient (Wildman–Crippen LogP) is 3.02. The summed E-state index contributed by atoms with van der Waals surface area (Å²) in [6.45, 7) is 0. The average Bonchev–Trinajstić information content (AvgIpc) is 2.50. The number of Topliss-reactive ketones (excluding diaryl/α,β-unsaturated/α-hetero) is 1. The number of hydrogen-bond donors (Lipinski definition) is 0. The van der Waals surface area contributed by atoms with E-state index in [4.69, 9.17) is 0 Å². The zero-order valence-corrected chi connectivity index (χ0v) is 10.9. The number of benzene rings is 1. The Labute approximate surface area is 117 Å². The summed E-state index contributed by atoms with van der Waals surface area (Å²) in [7, 11) is 0. The van der Waals surface area contributed by atoms with Crippen molar-refractivity contribution in [2.45, 2.75) is 12.8 Å². The van der Waals surface area contributed by atoms with Gasteiger partial charge in [0.2, 0.25) is 0 Å². The second kappa shape index (κ2) is 5.21. The lowest BCUT2D eigenvalue weighted by molar-refractivity contribution is 0.0981. The normalized spacial score (nSPS) is 13.9. The van der Waals surface area contributed by atoms with Crippen LogP contribution < -0.4 is 0 Å². The minimum Gasteiger partial charge on any atom is -0.289 e. The molecule has 0 N–H and O–H groups in total. The van der Waals surface area contributed by atoms with Gasteiger partial charge in [-0.15, -0.1) is 0 Å². The fourth-order valence-corrected chi connectivity index (χ4v) is 2.38. The Kier molecular flexibility index (Phi) is 3.25. The van der Waals surface area contributed by atoms with Gasteiger partial charge in [0.05, 0.1) is 0 Å². The lowest BCUT2D eigenvalue weighted by Crippen LogP contribution is -2.17. The first-order valence-corrected chi connectivity index (χ1v) is 6.53. The summed E-state index contributed by atoms with van der Waals surface area (Å²) < 4.78 is 0. The van der Waals surface area contributed by atoms with Gasteiger partial charge in [-0.05, 0) is 36.6 Å². The summed E-state index contributed by atoms with van der Waals surface area (Å²) in [5.41, 5.74) is 2.72. The molecule has 1 aliphatic rings. The summed E-state index contributed by atoms with van der Waals surface area (Å²) in [5, 5.41) is 0. The summed E-state index contributed by atoms with van der Waals surface area (Å²) >= 11 is 0. The highest BCUT2D eigenvalue weighted by atomic mass is 16.1. The molecule has 0 radical (unpaired) electrons.